The first-order valence-corrected chi connectivity index (χ1v) is 13.1. The lowest BCUT2D eigenvalue weighted by molar-refractivity contribution is -0.0524. The molecule has 2 aliphatic heterocycles. The molecule has 4 heterocycles. The second kappa shape index (κ2) is 10.6. The first kappa shape index (κ1) is 26.3. The quantitative estimate of drug-likeness (QED) is 0.175. The van der Waals surface area contributed by atoms with Crippen LogP contribution < -0.4 is 0 Å². The number of ether oxygens (including phenoxy) is 2. The van der Waals surface area contributed by atoms with Crippen molar-refractivity contribution in [2.75, 3.05) is 13.2 Å². The minimum Gasteiger partial charge on any atom is -0.394 e. The first-order chi connectivity index (χ1) is 18.9. The molecule has 2 fully saturated rings. The Balaban J connectivity index is 1.29. The number of aliphatic hydroxyl groups is 6. The van der Waals surface area contributed by atoms with Gasteiger partial charge < -0.3 is 40.1 Å². The van der Waals surface area contributed by atoms with Gasteiger partial charge in [0, 0.05) is 12.8 Å². The van der Waals surface area contributed by atoms with Crippen LogP contribution in [-0.2, 0) is 22.3 Å². The number of para-hydroxylation sites is 4. The second-order valence-electron chi connectivity index (χ2n) is 10.1. The molecule has 208 valence electrons. The van der Waals surface area contributed by atoms with E-state index in [9.17, 15) is 30.6 Å². The van der Waals surface area contributed by atoms with Crippen LogP contribution in [0.3, 0.4) is 0 Å². The number of hydrogen-bond acceptors (Lipinski definition) is 10. The van der Waals surface area contributed by atoms with E-state index in [2.05, 4.69) is 0 Å². The van der Waals surface area contributed by atoms with Gasteiger partial charge in [0.05, 0.1) is 35.3 Å². The van der Waals surface area contributed by atoms with Gasteiger partial charge in [-0.05, 0) is 30.7 Å². The monoisotopic (exact) mass is 540 g/mol. The maximum atomic E-state index is 10.7. The predicted molar refractivity (Wildman–Crippen MR) is 138 cm³/mol. The summed E-state index contributed by atoms with van der Waals surface area (Å²) in [6, 6.07) is 14.9. The molecule has 0 spiro atoms. The average Bonchev–Trinajstić information content (AvgIpc) is 3.66. The van der Waals surface area contributed by atoms with Crippen molar-refractivity contribution in [3.05, 3.63) is 60.2 Å². The highest BCUT2D eigenvalue weighted by Gasteiger charge is 2.45. The van der Waals surface area contributed by atoms with Crippen molar-refractivity contribution in [3.8, 4) is 0 Å². The molecule has 2 aliphatic rings. The van der Waals surface area contributed by atoms with Gasteiger partial charge in [-0.3, -0.25) is 9.13 Å². The van der Waals surface area contributed by atoms with Crippen LogP contribution in [0.5, 0.6) is 0 Å². The minimum absolute atomic E-state index is 0.423. The third kappa shape index (κ3) is 4.42. The molecule has 39 heavy (non-hydrogen) atoms. The predicted octanol–water partition coefficient (Wildman–Crippen LogP) is -0.216. The van der Waals surface area contributed by atoms with Crippen LogP contribution in [0.15, 0.2) is 48.5 Å². The van der Waals surface area contributed by atoms with Gasteiger partial charge in [-0.15, -0.1) is 0 Å². The van der Waals surface area contributed by atoms with Gasteiger partial charge in [0.1, 0.15) is 48.3 Å². The Bertz CT molecular complexity index is 1350. The number of hydrogen-bond donors (Lipinski definition) is 6. The molecule has 6 N–H and O–H groups in total. The molecule has 12 heteroatoms. The lowest BCUT2D eigenvalue weighted by atomic mass is 10.1. The summed E-state index contributed by atoms with van der Waals surface area (Å²) >= 11 is 0. The Kier molecular flexibility index (Phi) is 7.12. The fourth-order valence-corrected chi connectivity index (χ4v) is 5.70. The molecule has 0 saturated carbocycles. The van der Waals surface area contributed by atoms with E-state index in [1.165, 1.54) is 0 Å². The molecule has 12 nitrogen and oxygen atoms in total. The molecule has 2 aromatic heterocycles. The molecule has 0 radical (unpaired) electrons. The van der Waals surface area contributed by atoms with Crippen LogP contribution in [0, 0.1) is 0 Å². The molecule has 2 aromatic carbocycles. The molecular formula is C27H32N4O8. The van der Waals surface area contributed by atoms with Crippen molar-refractivity contribution in [3.63, 3.8) is 0 Å². The lowest BCUT2D eigenvalue weighted by Crippen LogP contribution is -2.33. The normalized spacial score (nSPS) is 31.1. The van der Waals surface area contributed by atoms with Crippen molar-refractivity contribution >= 4 is 22.1 Å². The van der Waals surface area contributed by atoms with Crippen LogP contribution in [0.1, 0.15) is 30.5 Å². The van der Waals surface area contributed by atoms with Crippen LogP contribution >= 0.6 is 0 Å². The summed E-state index contributed by atoms with van der Waals surface area (Å²) in [5.74, 6) is 1.28. The zero-order valence-corrected chi connectivity index (χ0v) is 21.1. The van der Waals surface area contributed by atoms with E-state index in [4.69, 9.17) is 19.4 Å². The fourth-order valence-electron chi connectivity index (χ4n) is 5.70. The highest BCUT2D eigenvalue weighted by atomic mass is 16.6. The summed E-state index contributed by atoms with van der Waals surface area (Å²) in [6.07, 6.45) is -7.06. The minimum atomic E-state index is -1.24. The molecule has 4 aromatic rings. The Morgan fingerprint density at radius 3 is 1.41 bits per heavy atom. The molecule has 0 unspecified atom stereocenters. The summed E-state index contributed by atoms with van der Waals surface area (Å²) < 4.78 is 15.2. The Hall–Kier alpha value is -2.94. The maximum Gasteiger partial charge on any atom is 0.164 e. The van der Waals surface area contributed by atoms with Crippen LogP contribution in [0.25, 0.3) is 22.1 Å². The Morgan fingerprint density at radius 1 is 0.615 bits per heavy atom. The first-order valence-electron chi connectivity index (χ1n) is 13.1. The second-order valence-corrected chi connectivity index (χ2v) is 10.1. The number of imidazole rings is 2. The standard InChI is InChI=1S/C27H32N4O8/c32-12-18-22(34)24(36)26(38-18)30-16-8-3-1-6-14(16)28-20(30)10-5-11-21-29-15-7-2-4-9-17(15)31(21)27-25(37)23(35)19(13-33)39-27/h1-4,6-9,18-19,22-27,32-37H,5,10-13H2/t18-,19-,22-,23-,24-,25-,26-,27-/m1/s1. The summed E-state index contributed by atoms with van der Waals surface area (Å²) in [5.41, 5.74) is 2.90. The van der Waals surface area contributed by atoms with Gasteiger partial charge in [0.15, 0.2) is 12.5 Å². The third-order valence-electron chi connectivity index (χ3n) is 7.68. The molecular weight excluding hydrogens is 508 g/mol. The molecule has 8 atom stereocenters. The zero-order valence-electron chi connectivity index (χ0n) is 21.1. The topological polar surface area (TPSA) is 175 Å². The van der Waals surface area contributed by atoms with Crippen LogP contribution in [0.4, 0.5) is 0 Å². The number of aryl methyl sites for hydroxylation is 2. The molecule has 0 aliphatic carbocycles. The van der Waals surface area contributed by atoms with E-state index in [-0.39, 0.29) is 0 Å². The number of benzene rings is 2. The van der Waals surface area contributed by atoms with Gasteiger partial charge in [-0.1, -0.05) is 24.3 Å². The van der Waals surface area contributed by atoms with Gasteiger partial charge in [0.2, 0.25) is 0 Å². The van der Waals surface area contributed by atoms with Crippen molar-refractivity contribution in [1.29, 1.82) is 0 Å². The third-order valence-corrected chi connectivity index (χ3v) is 7.68. The summed E-state index contributed by atoms with van der Waals surface area (Å²) in [4.78, 5) is 9.52. The maximum absolute atomic E-state index is 10.7. The van der Waals surface area contributed by atoms with Crippen LogP contribution in [-0.4, -0.2) is 99.6 Å². The average molecular weight is 541 g/mol. The molecule has 2 saturated heterocycles. The summed E-state index contributed by atoms with van der Waals surface area (Å²) in [7, 11) is 0. The highest BCUT2D eigenvalue weighted by molar-refractivity contribution is 5.77. The SMILES string of the molecule is OC[C@H]1O[C@@H](n2c(CCCc3nc4ccccc4n3[C@@H]3O[C@H](CO)[C@@H](O)[C@H]3O)nc3ccccc32)[C@H](O)[C@@H]1O. The van der Waals surface area contributed by atoms with Crippen molar-refractivity contribution in [1.82, 2.24) is 19.1 Å². The number of aromatic nitrogens is 4. The molecule has 0 amide bonds. The van der Waals surface area contributed by atoms with E-state index in [1.54, 1.807) is 9.13 Å². The van der Waals surface area contributed by atoms with E-state index < -0.39 is 62.3 Å². The highest BCUT2D eigenvalue weighted by Crippen LogP contribution is 2.35. The van der Waals surface area contributed by atoms with Gasteiger partial charge >= 0.3 is 0 Å². The van der Waals surface area contributed by atoms with E-state index >= 15 is 0 Å². The number of nitrogens with zero attached hydrogens (tertiary/aromatic N) is 4. The molecule has 6 rings (SSSR count). The lowest BCUT2D eigenvalue weighted by Gasteiger charge is -2.21. The van der Waals surface area contributed by atoms with Gasteiger partial charge in [-0.25, -0.2) is 9.97 Å². The molecule has 0 bridgehead atoms. The zero-order chi connectivity index (χ0) is 27.3. The number of aliphatic hydroxyl groups excluding tert-OH is 6. The smallest absolute Gasteiger partial charge is 0.164 e. The fraction of sp³-hybridized carbons (Fsp3) is 0.481. The Morgan fingerprint density at radius 2 is 1.03 bits per heavy atom. The number of rotatable bonds is 8. The van der Waals surface area contributed by atoms with E-state index in [1.807, 2.05) is 48.5 Å². The van der Waals surface area contributed by atoms with Crippen molar-refractivity contribution < 1.29 is 40.1 Å². The van der Waals surface area contributed by atoms with Gasteiger partial charge in [0.25, 0.3) is 0 Å². The van der Waals surface area contributed by atoms with Crippen molar-refractivity contribution in [2.24, 2.45) is 0 Å². The summed E-state index contributed by atoms with van der Waals surface area (Å²) in [5, 5.41) is 61.3. The van der Waals surface area contributed by atoms with E-state index in [0.717, 1.165) is 11.0 Å². The van der Waals surface area contributed by atoms with Crippen molar-refractivity contribution in [2.45, 2.75) is 68.3 Å². The van der Waals surface area contributed by atoms with E-state index in [0.29, 0.717) is 41.9 Å². The Labute approximate surface area is 223 Å². The van der Waals surface area contributed by atoms with Crippen LogP contribution in [0.2, 0.25) is 0 Å². The largest absolute Gasteiger partial charge is 0.394 e. The van der Waals surface area contributed by atoms with Gasteiger partial charge in [-0.2, -0.15) is 0 Å². The summed E-state index contributed by atoms with van der Waals surface area (Å²) in [6.45, 7) is -0.846. The number of fused-ring (bicyclic) bond motifs is 2.